The van der Waals surface area contributed by atoms with Crippen LogP contribution in [0.3, 0.4) is 0 Å². The Hall–Kier alpha value is -1.72. The topological polar surface area (TPSA) is 60.5 Å². The summed E-state index contributed by atoms with van der Waals surface area (Å²) in [5.41, 5.74) is -0.623. The number of halogens is 3. The van der Waals surface area contributed by atoms with Crippen LogP contribution in [0.1, 0.15) is 23.4 Å². The lowest BCUT2D eigenvalue weighted by molar-refractivity contribution is 0.146. The van der Waals surface area contributed by atoms with E-state index >= 15 is 0 Å². The standard InChI is InChI=1S/C9H4ClF2N3/c10-8-5(4-14)3-7(9(11)12)15-6(8)1-2-13/h3,9H,1H2. The first-order valence-electron chi connectivity index (χ1n) is 3.84. The van der Waals surface area contributed by atoms with Gasteiger partial charge in [-0.15, -0.1) is 0 Å². The summed E-state index contributed by atoms with van der Waals surface area (Å²) in [4.78, 5) is 3.51. The predicted molar refractivity (Wildman–Crippen MR) is 48.2 cm³/mol. The van der Waals surface area contributed by atoms with Gasteiger partial charge in [0.15, 0.2) is 0 Å². The zero-order valence-electron chi connectivity index (χ0n) is 7.34. The lowest BCUT2D eigenvalue weighted by Crippen LogP contribution is -1.99. The van der Waals surface area contributed by atoms with Gasteiger partial charge in [-0.3, -0.25) is 0 Å². The molecule has 0 unspecified atom stereocenters. The van der Waals surface area contributed by atoms with Crippen LogP contribution in [-0.4, -0.2) is 4.98 Å². The molecule has 0 spiro atoms. The molecule has 0 aliphatic carbocycles. The molecule has 0 fully saturated rings. The fraction of sp³-hybridized carbons (Fsp3) is 0.222. The van der Waals surface area contributed by atoms with Crippen LogP contribution in [-0.2, 0) is 6.42 Å². The highest BCUT2D eigenvalue weighted by molar-refractivity contribution is 6.32. The first kappa shape index (κ1) is 11.4. The molecule has 0 N–H and O–H groups in total. The molecular formula is C9H4ClF2N3. The molecule has 76 valence electrons. The summed E-state index contributed by atoms with van der Waals surface area (Å²) < 4.78 is 24.7. The third kappa shape index (κ3) is 2.39. The SMILES string of the molecule is N#CCc1nc(C(F)F)cc(C#N)c1Cl. The zero-order valence-corrected chi connectivity index (χ0v) is 8.09. The van der Waals surface area contributed by atoms with Crippen molar-refractivity contribution in [2.75, 3.05) is 0 Å². The van der Waals surface area contributed by atoms with Crippen molar-refractivity contribution in [3.05, 3.63) is 28.0 Å². The van der Waals surface area contributed by atoms with Gasteiger partial charge in [0.25, 0.3) is 6.43 Å². The van der Waals surface area contributed by atoms with E-state index in [1.807, 2.05) is 0 Å². The van der Waals surface area contributed by atoms with E-state index in [9.17, 15) is 8.78 Å². The molecule has 0 aromatic carbocycles. The Balaban J connectivity index is 3.34. The van der Waals surface area contributed by atoms with Gasteiger partial charge in [0.05, 0.1) is 28.8 Å². The normalized spacial score (nSPS) is 9.73. The quantitative estimate of drug-likeness (QED) is 0.780. The van der Waals surface area contributed by atoms with Gasteiger partial charge in [0, 0.05) is 0 Å². The lowest BCUT2D eigenvalue weighted by atomic mass is 10.1. The van der Waals surface area contributed by atoms with Crippen molar-refractivity contribution < 1.29 is 8.78 Å². The highest BCUT2D eigenvalue weighted by Crippen LogP contribution is 2.25. The van der Waals surface area contributed by atoms with Gasteiger partial charge in [-0.25, -0.2) is 13.8 Å². The second-order valence-corrected chi connectivity index (χ2v) is 2.98. The molecule has 0 radical (unpaired) electrons. The first-order chi connectivity index (χ1) is 7.10. The summed E-state index contributed by atoms with van der Waals surface area (Å²) in [7, 11) is 0. The van der Waals surface area contributed by atoms with Crippen molar-refractivity contribution in [1.82, 2.24) is 4.98 Å². The average Bonchev–Trinajstić information content (AvgIpc) is 2.21. The van der Waals surface area contributed by atoms with E-state index in [-0.39, 0.29) is 22.7 Å². The number of hydrogen-bond donors (Lipinski definition) is 0. The summed E-state index contributed by atoms with van der Waals surface area (Å²) in [6.07, 6.45) is -2.99. The largest absolute Gasteiger partial charge is 0.280 e. The molecule has 0 saturated heterocycles. The van der Waals surface area contributed by atoms with Gasteiger partial charge < -0.3 is 0 Å². The molecule has 1 heterocycles. The summed E-state index contributed by atoms with van der Waals surface area (Å²) in [6, 6.07) is 4.34. The van der Waals surface area contributed by atoms with Crippen molar-refractivity contribution in [1.29, 1.82) is 10.5 Å². The summed E-state index contributed by atoms with van der Waals surface area (Å²) in [6.45, 7) is 0. The number of alkyl halides is 2. The highest BCUT2D eigenvalue weighted by atomic mass is 35.5. The Morgan fingerprint density at radius 3 is 2.60 bits per heavy atom. The van der Waals surface area contributed by atoms with Crippen molar-refractivity contribution in [2.24, 2.45) is 0 Å². The monoisotopic (exact) mass is 227 g/mol. The zero-order chi connectivity index (χ0) is 11.4. The maximum Gasteiger partial charge on any atom is 0.280 e. The van der Waals surface area contributed by atoms with Gasteiger partial charge >= 0.3 is 0 Å². The van der Waals surface area contributed by atoms with E-state index in [4.69, 9.17) is 22.1 Å². The van der Waals surface area contributed by atoms with Crippen molar-refractivity contribution in [3.63, 3.8) is 0 Å². The molecule has 6 heteroatoms. The Bertz CT molecular complexity index is 460. The summed E-state index contributed by atoms with van der Waals surface area (Å²) in [5, 5.41) is 17.0. The van der Waals surface area contributed by atoms with Gasteiger partial charge in [-0.1, -0.05) is 11.6 Å². The molecular weight excluding hydrogens is 224 g/mol. The smallest absolute Gasteiger partial charge is 0.249 e. The minimum Gasteiger partial charge on any atom is -0.249 e. The Kier molecular flexibility index (Phi) is 3.54. The highest BCUT2D eigenvalue weighted by Gasteiger charge is 2.16. The Morgan fingerprint density at radius 2 is 2.13 bits per heavy atom. The number of nitriles is 2. The van der Waals surface area contributed by atoms with E-state index in [1.54, 1.807) is 12.1 Å². The van der Waals surface area contributed by atoms with Crippen LogP contribution in [0.25, 0.3) is 0 Å². The van der Waals surface area contributed by atoms with Crippen LogP contribution < -0.4 is 0 Å². The number of nitrogens with zero attached hydrogens (tertiary/aromatic N) is 3. The lowest BCUT2D eigenvalue weighted by Gasteiger charge is -2.05. The molecule has 0 atom stereocenters. The van der Waals surface area contributed by atoms with Crippen LogP contribution in [0.4, 0.5) is 8.78 Å². The number of pyridine rings is 1. The Morgan fingerprint density at radius 1 is 1.47 bits per heavy atom. The van der Waals surface area contributed by atoms with Crippen LogP contribution in [0.2, 0.25) is 5.02 Å². The molecule has 1 aromatic rings. The third-order valence-electron chi connectivity index (χ3n) is 1.64. The fourth-order valence-electron chi connectivity index (χ4n) is 0.989. The number of hydrogen-bond acceptors (Lipinski definition) is 3. The van der Waals surface area contributed by atoms with Gasteiger partial charge in [0.2, 0.25) is 0 Å². The van der Waals surface area contributed by atoms with Gasteiger partial charge in [-0.2, -0.15) is 10.5 Å². The molecule has 0 amide bonds. The molecule has 1 rings (SSSR count). The maximum absolute atomic E-state index is 12.3. The molecule has 0 saturated carbocycles. The van der Waals surface area contributed by atoms with Crippen molar-refractivity contribution >= 4 is 11.6 Å². The van der Waals surface area contributed by atoms with Crippen LogP contribution in [0.5, 0.6) is 0 Å². The average molecular weight is 228 g/mol. The van der Waals surface area contributed by atoms with E-state index in [0.717, 1.165) is 6.07 Å². The maximum atomic E-state index is 12.3. The van der Waals surface area contributed by atoms with Crippen molar-refractivity contribution in [2.45, 2.75) is 12.8 Å². The fourth-order valence-corrected chi connectivity index (χ4v) is 1.19. The predicted octanol–water partition coefficient (Wildman–Crippen LogP) is 2.61. The van der Waals surface area contributed by atoms with Gasteiger partial charge in [-0.05, 0) is 6.07 Å². The second kappa shape index (κ2) is 4.68. The van der Waals surface area contributed by atoms with E-state index in [1.165, 1.54) is 0 Å². The minimum absolute atomic E-state index is 0.00789. The number of rotatable bonds is 2. The van der Waals surface area contributed by atoms with Crippen molar-refractivity contribution in [3.8, 4) is 12.1 Å². The third-order valence-corrected chi connectivity index (χ3v) is 2.06. The van der Waals surface area contributed by atoms with E-state index < -0.39 is 12.1 Å². The molecule has 0 aliphatic rings. The van der Waals surface area contributed by atoms with E-state index in [0.29, 0.717) is 0 Å². The second-order valence-electron chi connectivity index (χ2n) is 2.60. The summed E-state index contributed by atoms with van der Waals surface area (Å²) in [5.74, 6) is 0. The van der Waals surface area contributed by atoms with Crippen LogP contribution >= 0.6 is 11.6 Å². The minimum atomic E-state index is -2.79. The summed E-state index contributed by atoms with van der Waals surface area (Å²) >= 11 is 5.68. The molecule has 0 bridgehead atoms. The molecule has 15 heavy (non-hydrogen) atoms. The molecule has 3 nitrogen and oxygen atoms in total. The van der Waals surface area contributed by atoms with Crippen LogP contribution in [0, 0.1) is 22.7 Å². The molecule has 0 aliphatic heterocycles. The van der Waals surface area contributed by atoms with Gasteiger partial charge in [0.1, 0.15) is 11.8 Å². The number of aromatic nitrogens is 1. The van der Waals surface area contributed by atoms with Crippen LogP contribution in [0.15, 0.2) is 6.07 Å². The molecule has 1 aromatic heterocycles. The first-order valence-corrected chi connectivity index (χ1v) is 4.22. The van der Waals surface area contributed by atoms with E-state index in [2.05, 4.69) is 4.98 Å². The Labute approximate surface area is 89.5 Å².